The molecule has 0 saturated heterocycles. The van der Waals surface area contributed by atoms with Crippen LogP contribution in [0.1, 0.15) is 29.9 Å². The van der Waals surface area contributed by atoms with Gasteiger partial charge in [-0.3, -0.25) is 14.2 Å². The zero-order valence-corrected chi connectivity index (χ0v) is 17.0. The normalized spacial score (nSPS) is 12.2. The number of aryl methyl sites for hydroxylation is 2. The number of hydrogen-bond donors (Lipinski definition) is 1. The van der Waals surface area contributed by atoms with E-state index in [9.17, 15) is 4.79 Å². The Bertz CT molecular complexity index is 912. The van der Waals surface area contributed by atoms with Gasteiger partial charge < -0.3 is 5.32 Å². The first kappa shape index (κ1) is 18.7. The average Bonchev–Trinajstić information content (AvgIpc) is 3.11. The van der Waals surface area contributed by atoms with Crippen LogP contribution < -0.4 is 5.32 Å². The molecular formula is C18H19BrClN5O. The smallest absolute Gasteiger partial charge is 0.250 e. The van der Waals surface area contributed by atoms with Crippen molar-refractivity contribution in [2.75, 3.05) is 5.32 Å². The number of rotatable bonds is 5. The van der Waals surface area contributed by atoms with Crippen LogP contribution in [0.3, 0.4) is 0 Å². The predicted molar refractivity (Wildman–Crippen MR) is 106 cm³/mol. The third-order valence-electron chi connectivity index (χ3n) is 4.11. The van der Waals surface area contributed by atoms with Gasteiger partial charge in [-0.05, 0) is 54.4 Å². The first-order chi connectivity index (χ1) is 12.3. The van der Waals surface area contributed by atoms with E-state index >= 15 is 0 Å². The summed E-state index contributed by atoms with van der Waals surface area (Å²) in [7, 11) is 0. The molecule has 1 amide bonds. The van der Waals surface area contributed by atoms with Gasteiger partial charge in [0, 0.05) is 23.0 Å². The second kappa shape index (κ2) is 7.63. The SMILES string of the molecule is Cc1nn(C(C)C(=O)Nc2cc(C)n(Cc3ccc(Cl)cc3)n2)cc1Br. The fraction of sp³-hybridized carbons (Fsp3) is 0.278. The van der Waals surface area contributed by atoms with E-state index in [4.69, 9.17) is 11.6 Å². The maximum Gasteiger partial charge on any atom is 0.250 e. The fourth-order valence-electron chi connectivity index (χ4n) is 2.50. The number of hydrogen-bond acceptors (Lipinski definition) is 3. The molecule has 2 heterocycles. The van der Waals surface area contributed by atoms with Gasteiger partial charge in [0.15, 0.2) is 5.82 Å². The van der Waals surface area contributed by atoms with Gasteiger partial charge in [0.1, 0.15) is 6.04 Å². The highest BCUT2D eigenvalue weighted by Gasteiger charge is 2.18. The van der Waals surface area contributed by atoms with Crippen molar-refractivity contribution >= 4 is 39.3 Å². The molecule has 0 radical (unpaired) electrons. The summed E-state index contributed by atoms with van der Waals surface area (Å²) in [6.45, 7) is 6.24. The minimum absolute atomic E-state index is 0.170. The van der Waals surface area contributed by atoms with Gasteiger partial charge in [-0.2, -0.15) is 10.2 Å². The molecule has 0 bridgehead atoms. The molecule has 0 fully saturated rings. The van der Waals surface area contributed by atoms with Crippen LogP contribution in [0.25, 0.3) is 0 Å². The predicted octanol–water partition coefficient (Wildman–Crippen LogP) is 4.36. The molecule has 1 unspecified atom stereocenters. The number of aromatic nitrogens is 4. The third kappa shape index (κ3) is 4.16. The molecule has 0 aliphatic carbocycles. The Hall–Kier alpha value is -2.12. The lowest BCUT2D eigenvalue weighted by molar-refractivity contribution is -0.119. The number of anilines is 1. The van der Waals surface area contributed by atoms with Gasteiger partial charge >= 0.3 is 0 Å². The molecule has 0 spiro atoms. The van der Waals surface area contributed by atoms with E-state index in [1.165, 1.54) is 0 Å². The molecule has 3 aromatic rings. The van der Waals surface area contributed by atoms with Crippen LogP contribution in [-0.4, -0.2) is 25.5 Å². The van der Waals surface area contributed by atoms with E-state index in [1.54, 1.807) is 17.8 Å². The van der Waals surface area contributed by atoms with Gasteiger partial charge in [0.2, 0.25) is 5.91 Å². The Morgan fingerprint density at radius 2 is 1.96 bits per heavy atom. The van der Waals surface area contributed by atoms with Crippen LogP contribution in [0.4, 0.5) is 5.82 Å². The van der Waals surface area contributed by atoms with E-state index in [2.05, 4.69) is 31.4 Å². The Balaban J connectivity index is 1.70. The minimum atomic E-state index is -0.443. The monoisotopic (exact) mass is 435 g/mol. The molecule has 8 heteroatoms. The molecule has 6 nitrogen and oxygen atoms in total. The Morgan fingerprint density at radius 1 is 1.27 bits per heavy atom. The van der Waals surface area contributed by atoms with Crippen LogP contribution in [0, 0.1) is 13.8 Å². The molecule has 136 valence electrons. The number of amides is 1. The van der Waals surface area contributed by atoms with Gasteiger partial charge in [0.25, 0.3) is 0 Å². The van der Waals surface area contributed by atoms with Gasteiger partial charge in [-0.15, -0.1) is 0 Å². The van der Waals surface area contributed by atoms with E-state index in [0.29, 0.717) is 17.4 Å². The first-order valence-electron chi connectivity index (χ1n) is 8.14. The van der Waals surface area contributed by atoms with E-state index < -0.39 is 6.04 Å². The second-order valence-corrected chi connectivity index (χ2v) is 7.45. The molecular weight excluding hydrogens is 418 g/mol. The lowest BCUT2D eigenvalue weighted by Crippen LogP contribution is -2.24. The highest BCUT2D eigenvalue weighted by atomic mass is 79.9. The third-order valence-corrected chi connectivity index (χ3v) is 5.14. The Kier molecular flexibility index (Phi) is 5.48. The van der Waals surface area contributed by atoms with Crippen molar-refractivity contribution in [1.29, 1.82) is 0 Å². The quantitative estimate of drug-likeness (QED) is 0.646. The Morgan fingerprint density at radius 3 is 2.58 bits per heavy atom. The summed E-state index contributed by atoms with van der Waals surface area (Å²) in [6, 6.07) is 9.03. The van der Waals surface area contributed by atoms with Crippen LogP contribution in [0.5, 0.6) is 0 Å². The van der Waals surface area contributed by atoms with Crippen molar-refractivity contribution in [3.63, 3.8) is 0 Å². The standard InChI is InChI=1S/C18H19BrClN5O/c1-11-8-17(23-24(11)9-14-4-6-15(20)7-5-14)21-18(26)13(3)25-10-16(19)12(2)22-25/h4-8,10,13H,9H2,1-3H3,(H,21,23,26). The molecule has 3 rings (SSSR count). The number of nitrogens with one attached hydrogen (secondary N) is 1. The van der Waals surface area contributed by atoms with Gasteiger partial charge in [0.05, 0.1) is 16.7 Å². The molecule has 1 N–H and O–H groups in total. The zero-order chi connectivity index (χ0) is 18.8. The summed E-state index contributed by atoms with van der Waals surface area (Å²) in [5.41, 5.74) is 2.89. The van der Waals surface area contributed by atoms with Crippen molar-refractivity contribution in [2.45, 2.75) is 33.4 Å². The number of carbonyl (C=O) groups excluding carboxylic acids is 1. The average molecular weight is 437 g/mol. The molecule has 2 aromatic heterocycles. The molecule has 26 heavy (non-hydrogen) atoms. The van der Waals surface area contributed by atoms with Crippen molar-refractivity contribution in [3.8, 4) is 0 Å². The number of nitrogens with zero attached hydrogens (tertiary/aromatic N) is 4. The lowest BCUT2D eigenvalue weighted by Gasteiger charge is -2.11. The topological polar surface area (TPSA) is 64.7 Å². The van der Waals surface area contributed by atoms with Crippen molar-refractivity contribution in [1.82, 2.24) is 19.6 Å². The second-order valence-electron chi connectivity index (χ2n) is 6.16. The Labute approximate surface area is 165 Å². The molecule has 0 saturated carbocycles. The summed E-state index contributed by atoms with van der Waals surface area (Å²) < 4.78 is 4.35. The molecule has 1 aromatic carbocycles. The van der Waals surface area contributed by atoms with Crippen molar-refractivity contribution in [2.24, 2.45) is 0 Å². The molecule has 0 aliphatic rings. The first-order valence-corrected chi connectivity index (χ1v) is 9.31. The van der Waals surface area contributed by atoms with Gasteiger partial charge in [-0.1, -0.05) is 23.7 Å². The number of benzene rings is 1. The van der Waals surface area contributed by atoms with E-state index in [-0.39, 0.29) is 5.91 Å². The van der Waals surface area contributed by atoms with Crippen molar-refractivity contribution < 1.29 is 4.79 Å². The summed E-state index contributed by atoms with van der Waals surface area (Å²) in [5.74, 6) is 0.354. The molecule has 0 aliphatic heterocycles. The van der Waals surface area contributed by atoms with Crippen LogP contribution in [0.2, 0.25) is 5.02 Å². The summed E-state index contributed by atoms with van der Waals surface area (Å²) >= 11 is 9.33. The number of carbonyl (C=O) groups is 1. The maximum atomic E-state index is 12.5. The van der Waals surface area contributed by atoms with Crippen molar-refractivity contribution in [3.05, 3.63) is 63.0 Å². The van der Waals surface area contributed by atoms with E-state index in [1.807, 2.05) is 48.9 Å². The number of halogens is 2. The summed E-state index contributed by atoms with van der Waals surface area (Å²) in [5, 5.41) is 12.4. The highest BCUT2D eigenvalue weighted by molar-refractivity contribution is 9.10. The van der Waals surface area contributed by atoms with E-state index in [0.717, 1.165) is 21.4 Å². The van der Waals surface area contributed by atoms with Crippen LogP contribution in [0.15, 0.2) is 41.0 Å². The maximum absolute atomic E-state index is 12.5. The lowest BCUT2D eigenvalue weighted by atomic mass is 10.2. The largest absolute Gasteiger partial charge is 0.307 e. The fourth-order valence-corrected chi connectivity index (χ4v) is 2.92. The summed E-state index contributed by atoms with van der Waals surface area (Å²) in [4.78, 5) is 12.5. The van der Waals surface area contributed by atoms with Crippen LogP contribution in [-0.2, 0) is 11.3 Å². The summed E-state index contributed by atoms with van der Waals surface area (Å²) in [6.07, 6.45) is 1.80. The minimum Gasteiger partial charge on any atom is -0.307 e. The molecule has 1 atom stereocenters. The zero-order valence-electron chi connectivity index (χ0n) is 14.7. The van der Waals surface area contributed by atoms with Crippen LogP contribution >= 0.6 is 27.5 Å². The highest BCUT2D eigenvalue weighted by Crippen LogP contribution is 2.18. The van der Waals surface area contributed by atoms with Gasteiger partial charge in [-0.25, -0.2) is 0 Å².